The van der Waals surface area contributed by atoms with Crippen LogP contribution in [-0.2, 0) is 0 Å². The van der Waals surface area contributed by atoms with E-state index < -0.39 is 0 Å². The van der Waals surface area contributed by atoms with Gasteiger partial charge in [0.15, 0.2) is 0 Å². The molecule has 3 rings (SSSR count). The molecule has 0 bridgehead atoms. The van der Waals surface area contributed by atoms with Crippen molar-refractivity contribution in [2.24, 2.45) is 11.8 Å². The Morgan fingerprint density at radius 2 is 1.30 bits per heavy atom. The second-order valence-electron chi connectivity index (χ2n) is 7.09. The van der Waals surface area contributed by atoms with Gasteiger partial charge in [-0.05, 0) is 31.7 Å². The van der Waals surface area contributed by atoms with E-state index in [-0.39, 0.29) is 0 Å². The first kappa shape index (κ1) is 15.1. The molecule has 0 atom stereocenters. The van der Waals surface area contributed by atoms with Gasteiger partial charge >= 0.3 is 0 Å². The molecule has 3 heterocycles. The zero-order valence-electron chi connectivity index (χ0n) is 12.9. The van der Waals surface area contributed by atoms with Crippen molar-refractivity contribution in [3.8, 4) is 0 Å². The Kier molecular flexibility index (Phi) is 5.26. The number of thiol groups is 1. The molecule has 3 aliphatic rings. The first-order valence-corrected chi connectivity index (χ1v) is 8.66. The highest BCUT2D eigenvalue weighted by atomic mass is 32.1. The van der Waals surface area contributed by atoms with Crippen LogP contribution in [0.1, 0.15) is 12.8 Å². The zero-order valence-corrected chi connectivity index (χ0v) is 13.8. The van der Waals surface area contributed by atoms with E-state index >= 15 is 0 Å². The van der Waals surface area contributed by atoms with Gasteiger partial charge in [-0.2, -0.15) is 0 Å². The summed E-state index contributed by atoms with van der Waals surface area (Å²) >= 11 is 4.44. The molecule has 0 amide bonds. The van der Waals surface area contributed by atoms with Crippen molar-refractivity contribution in [3.63, 3.8) is 0 Å². The molecule has 0 aliphatic carbocycles. The van der Waals surface area contributed by atoms with Gasteiger partial charge in [0.05, 0.1) is 0 Å². The fraction of sp³-hybridized carbons (Fsp3) is 1.00. The lowest BCUT2D eigenvalue weighted by Gasteiger charge is -2.43. The summed E-state index contributed by atoms with van der Waals surface area (Å²) in [6.07, 6.45) is 2.66. The summed E-state index contributed by atoms with van der Waals surface area (Å²) in [6.45, 7) is 12.7. The van der Waals surface area contributed by atoms with E-state index in [9.17, 15) is 0 Å². The quantitative estimate of drug-likeness (QED) is 0.768. The molecule has 0 N–H and O–H groups in total. The van der Waals surface area contributed by atoms with Gasteiger partial charge in [-0.25, -0.2) is 0 Å². The largest absolute Gasteiger partial charge is 0.306 e. The average molecular weight is 299 g/mol. The fourth-order valence-electron chi connectivity index (χ4n) is 3.93. The summed E-state index contributed by atoms with van der Waals surface area (Å²) in [7, 11) is 2.23. The van der Waals surface area contributed by atoms with Crippen LogP contribution in [0.15, 0.2) is 0 Å². The molecule has 3 aliphatic heterocycles. The summed E-state index contributed by atoms with van der Waals surface area (Å²) in [5, 5.41) is 0. The molecule has 4 nitrogen and oxygen atoms in total. The second kappa shape index (κ2) is 6.97. The minimum atomic E-state index is 0.908. The molecular formula is C15H30N4S. The van der Waals surface area contributed by atoms with Crippen LogP contribution in [0.2, 0.25) is 0 Å². The third-order valence-electron chi connectivity index (χ3n) is 5.23. The van der Waals surface area contributed by atoms with Crippen LogP contribution in [-0.4, -0.2) is 91.5 Å². The smallest absolute Gasteiger partial charge is 0.0110 e. The highest BCUT2D eigenvalue weighted by molar-refractivity contribution is 7.77. The van der Waals surface area contributed by atoms with Gasteiger partial charge in [0, 0.05) is 65.4 Å². The molecule has 0 aromatic heterocycles. The van der Waals surface area contributed by atoms with E-state index in [0.29, 0.717) is 0 Å². The number of piperidine rings is 1. The van der Waals surface area contributed by atoms with Crippen LogP contribution in [0.25, 0.3) is 0 Å². The van der Waals surface area contributed by atoms with Crippen molar-refractivity contribution in [3.05, 3.63) is 0 Å². The van der Waals surface area contributed by atoms with Crippen molar-refractivity contribution in [1.82, 2.24) is 19.0 Å². The van der Waals surface area contributed by atoms with Crippen LogP contribution in [0.5, 0.6) is 0 Å². The van der Waals surface area contributed by atoms with Crippen LogP contribution in [0, 0.1) is 11.8 Å². The lowest BCUT2D eigenvalue weighted by molar-refractivity contribution is 0.0551. The average Bonchev–Trinajstić information content (AvgIpc) is 2.42. The van der Waals surface area contributed by atoms with E-state index in [0.717, 1.165) is 11.8 Å². The molecular weight excluding hydrogens is 268 g/mol. The van der Waals surface area contributed by atoms with E-state index in [1.54, 1.807) is 0 Å². The maximum Gasteiger partial charge on any atom is 0.0110 e. The van der Waals surface area contributed by atoms with E-state index in [2.05, 4.69) is 38.9 Å². The molecule has 3 fully saturated rings. The van der Waals surface area contributed by atoms with Gasteiger partial charge in [0.25, 0.3) is 0 Å². The topological polar surface area (TPSA) is 13.0 Å². The van der Waals surface area contributed by atoms with Crippen molar-refractivity contribution in [1.29, 1.82) is 0 Å². The van der Waals surface area contributed by atoms with Crippen LogP contribution < -0.4 is 0 Å². The molecule has 20 heavy (non-hydrogen) atoms. The second-order valence-corrected chi connectivity index (χ2v) is 7.65. The van der Waals surface area contributed by atoms with Crippen molar-refractivity contribution < 1.29 is 0 Å². The number of piperazine rings is 1. The number of hydrogen-bond acceptors (Lipinski definition) is 5. The minimum Gasteiger partial charge on any atom is -0.306 e. The standard InChI is InChI=1S/C15H30N4S/c1-16-10-15(11-16)13-18-8-6-17(7-9-18)12-14-2-4-19(20)5-3-14/h14-15,20H,2-13H2,1H3. The molecule has 0 radical (unpaired) electrons. The van der Waals surface area contributed by atoms with Gasteiger partial charge < -0.3 is 14.7 Å². The maximum atomic E-state index is 4.44. The Hall–Kier alpha value is 0.190. The van der Waals surface area contributed by atoms with Crippen molar-refractivity contribution in [2.45, 2.75) is 12.8 Å². The Morgan fingerprint density at radius 3 is 1.80 bits per heavy atom. The Morgan fingerprint density at radius 1 is 0.800 bits per heavy atom. The molecule has 3 saturated heterocycles. The third kappa shape index (κ3) is 4.10. The van der Waals surface area contributed by atoms with Gasteiger partial charge in [0.2, 0.25) is 0 Å². The highest BCUT2D eigenvalue weighted by Crippen LogP contribution is 2.20. The molecule has 0 aromatic carbocycles. The van der Waals surface area contributed by atoms with Crippen LogP contribution >= 0.6 is 12.8 Å². The fourth-order valence-corrected chi connectivity index (χ4v) is 4.16. The van der Waals surface area contributed by atoms with E-state index in [1.165, 1.54) is 78.3 Å². The van der Waals surface area contributed by atoms with Crippen LogP contribution in [0.4, 0.5) is 0 Å². The molecule has 0 spiro atoms. The van der Waals surface area contributed by atoms with Crippen molar-refractivity contribution >= 4 is 12.8 Å². The number of likely N-dealkylation sites (tertiary alicyclic amines) is 1. The number of nitrogens with zero attached hydrogens (tertiary/aromatic N) is 4. The van der Waals surface area contributed by atoms with Gasteiger partial charge in [-0.15, -0.1) is 0 Å². The van der Waals surface area contributed by atoms with Gasteiger partial charge in [-0.1, -0.05) is 12.8 Å². The Bertz CT molecular complexity index is 292. The Balaban J connectivity index is 1.32. The maximum absolute atomic E-state index is 4.44. The SMILES string of the molecule is CN1CC(CN2CCN(CC3CCN(S)CC3)CC2)C1. The lowest BCUT2D eigenvalue weighted by Crippen LogP contribution is -2.54. The first-order valence-electron chi connectivity index (χ1n) is 8.26. The summed E-state index contributed by atoms with van der Waals surface area (Å²) < 4.78 is 2.17. The summed E-state index contributed by atoms with van der Waals surface area (Å²) in [5.74, 6) is 1.84. The predicted molar refractivity (Wildman–Crippen MR) is 87.2 cm³/mol. The van der Waals surface area contributed by atoms with Gasteiger partial charge in [-0.3, -0.25) is 4.31 Å². The summed E-state index contributed by atoms with van der Waals surface area (Å²) in [5.41, 5.74) is 0. The number of hydrogen-bond donors (Lipinski definition) is 1. The predicted octanol–water partition coefficient (Wildman–Crippen LogP) is 0.722. The van der Waals surface area contributed by atoms with E-state index in [4.69, 9.17) is 0 Å². The van der Waals surface area contributed by atoms with Gasteiger partial charge in [0.1, 0.15) is 0 Å². The summed E-state index contributed by atoms with van der Waals surface area (Å²) in [6, 6.07) is 0. The summed E-state index contributed by atoms with van der Waals surface area (Å²) in [4.78, 5) is 7.81. The third-order valence-corrected chi connectivity index (χ3v) is 5.63. The molecule has 5 heteroatoms. The lowest BCUT2D eigenvalue weighted by atomic mass is 9.97. The molecule has 116 valence electrons. The normalized spacial score (nSPS) is 29.7. The monoisotopic (exact) mass is 298 g/mol. The van der Waals surface area contributed by atoms with Crippen molar-refractivity contribution in [2.75, 3.05) is 72.5 Å². The Labute approximate surface area is 129 Å². The van der Waals surface area contributed by atoms with Crippen LogP contribution in [0.3, 0.4) is 0 Å². The molecule has 0 saturated carbocycles. The first-order chi connectivity index (χ1) is 9.69. The van der Waals surface area contributed by atoms with E-state index in [1.807, 2.05) is 0 Å². The molecule has 0 unspecified atom stereocenters. The zero-order chi connectivity index (χ0) is 13.9. The molecule has 0 aromatic rings. The minimum absolute atomic E-state index is 0.908. The number of rotatable bonds is 4. The highest BCUT2D eigenvalue weighted by Gasteiger charge is 2.28.